The van der Waals surface area contributed by atoms with Crippen molar-refractivity contribution in [2.75, 3.05) is 20.4 Å². The van der Waals surface area contributed by atoms with E-state index in [0.29, 0.717) is 30.2 Å². The molecule has 0 saturated carbocycles. The lowest BCUT2D eigenvalue weighted by Crippen LogP contribution is -2.45. The molecule has 0 spiro atoms. The van der Waals surface area contributed by atoms with Gasteiger partial charge in [-0.2, -0.15) is 0 Å². The number of amides is 3. The maximum atomic E-state index is 13.2. The van der Waals surface area contributed by atoms with Crippen molar-refractivity contribution in [2.45, 2.75) is 25.6 Å². The van der Waals surface area contributed by atoms with Crippen molar-refractivity contribution in [2.24, 2.45) is 0 Å². The molecule has 35 heavy (non-hydrogen) atoms. The Bertz CT molecular complexity index is 1130. The summed E-state index contributed by atoms with van der Waals surface area (Å²) in [7, 11) is 1.51. The summed E-state index contributed by atoms with van der Waals surface area (Å²) in [6.07, 6.45) is -0.323. The van der Waals surface area contributed by atoms with Crippen molar-refractivity contribution in [1.82, 2.24) is 15.1 Å². The van der Waals surface area contributed by atoms with Crippen LogP contribution in [0.4, 0.5) is 4.79 Å². The number of rotatable bonds is 10. The number of carboxylic acid groups (broad SMARTS) is 1. The fraction of sp³-hybridized carbons (Fsp3) is 0.292. The van der Waals surface area contributed by atoms with E-state index in [9.17, 15) is 19.5 Å². The van der Waals surface area contributed by atoms with Gasteiger partial charge in [0.15, 0.2) is 11.5 Å². The van der Waals surface area contributed by atoms with Crippen LogP contribution in [0.2, 0.25) is 0 Å². The summed E-state index contributed by atoms with van der Waals surface area (Å²) >= 11 is 3.14. The first-order valence-electron chi connectivity index (χ1n) is 10.8. The first-order chi connectivity index (χ1) is 16.9. The van der Waals surface area contributed by atoms with E-state index in [1.807, 2.05) is 35.0 Å². The number of fused-ring (bicyclic) bond motifs is 1. The number of hydrogen-bond acceptors (Lipinski definition) is 7. The van der Waals surface area contributed by atoms with Crippen molar-refractivity contribution in [3.63, 3.8) is 0 Å². The van der Waals surface area contributed by atoms with Gasteiger partial charge >= 0.3 is 12.0 Å². The predicted octanol–water partition coefficient (Wildman–Crippen LogP) is 3.92. The molecule has 0 radical (unpaired) electrons. The van der Waals surface area contributed by atoms with Crippen LogP contribution in [0.3, 0.4) is 0 Å². The molecule has 1 aliphatic rings. The van der Waals surface area contributed by atoms with Crippen LogP contribution in [-0.4, -0.2) is 53.2 Å². The van der Waals surface area contributed by atoms with Gasteiger partial charge in [0.1, 0.15) is 6.54 Å². The number of carbonyl (C=O) groups excluding carboxylic acids is 2. The normalized spacial score (nSPS) is 12.7. The molecular formula is C24H25N3O6S2. The van der Waals surface area contributed by atoms with Gasteiger partial charge < -0.3 is 29.7 Å². The number of thiophene rings is 2. The van der Waals surface area contributed by atoms with Gasteiger partial charge in [0.05, 0.1) is 25.6 Å². The Morgan fingerprint density at radius 1 is 1.03 bits per heavy atom. The minimum absolute atomic E-state index is 0.0903. The summed E-state index contributed by atoms with van der Waals surface area (Å²) in [5, 5.41) is 16.0. The number of nitrogens with zero attached hydrogens (tertiary/aromatic N) is 2. The van der Waals surface area contributed by atoms with Crippen molar-refractivity contribution in [3.05, 3.63) is 68.5 Å². The number of carbonyl (C=O) groups is 3. The lowest BCUT2D eigenvalue weighted by Gasteiger charge is -2.26. The number of urea groups is 1. The molecule has 0 saturated heterocycles. The van der Waals surface area contributed by atoms with E-state index in [1.165, 1.54) is 11.9 Å². The minimum atomic E-state index is -1.07. The molecule has 3 heterocycles. The van der Waals surface area contributed by atoms with Crippen molar-refractivity contribution < 1.29 is 29.0 Å². The number of aliphatic carboxylic acids is 1. The first-order valence-corrected chi connectivity index (χ1v) is 12.6. The van der Waals surface area contributed by atoms with Crippen molar-refractivity contribution in [3.8, 4) is 11.5 Å². The molecule has 184 valence electrons. The molecule has 3 aromatic rings. The fourth-order valence-electron chi connectivity index (χ4n) is 3.60. The van der Waals surface area contributed by atoms with Crippen molar-refractivity contribution >= 4 is 40.6 Å². The molecule has 0 aliphatic carbocycles. The molecule has 1 atom stereocenters. The highest BCUT2D eigenvalue weighted by molar-refractivity contribution is 7.10. The Morgan fingerprint density at radius 3 is 2.29 bits per heavy atom. The smallest absolute Gasteiger partial charge is 0.318 e. The minimum Gasteiger partial charge on any atom is -0.481 e. The van der Waals surface area contributed by atoms with E-state index in [4.69, 9.17) is 9.47 Å². The Hall–Kier alpha value is -3.57. The number of carboxylic acids is 1. The lowest BCUT2D eigenvalue weighted by atomic mass is 10.0. The van der Waals surface area contributed by atoms with Crippen LogP contribution >= 0.6 is 22.7 Å². The van der Waals surface area contributed by atoms with Crippen LogP contribution in [0.1, 0.15) is 27.8 Å². The maximum Gasteiger partial charge on any atom is 0.318 e. The number of likely N-dealkylation sites (N-methyl/N-ethyl adjacent to an activating group) is 1. The lowest BCUT2D eigenvalue weighted by molar-refractivity contribution is -0.137. The van der Waals surface area contributed by atoms with Gasteiger partial charge in [0, 0.05) is 16.8 Å². The summed E-state index contributed by atoms with van der Waals surface area (Å²) < 4.78 is 10.7. The second-order valence-corrected chi connectivity index (χ2v) is 10.0. The van der Waals surface area contributed by atoms with E-state index in [-0.39, 0.29) is 25.7 Å². The van der Waals surface area contributed by atoms with Gasteiger partial charge in [0.25, 0.3) is 0 Å². The van der Waals surface area contributed by atoms with Crippen molar-refractivity contribution in [1.29, 1.82) is 0 Å². The van der Waals surface area contributed by atoms with Gasteiger partial charge in [-0.15, -0.1) is 22.7 Å². The number of benzene rings is 1. The Labute approximate surface area is 210 Å². The zero-order valence-corrected chi connectivity index (χ0v) is 20.6. The molecule has 2 aromatic heterocycles. The first kappa shape index (κ1) is 24.6. The molecule has 2 N–H and O–H groups in total. The van der Waals surface area contributed by atoms with E-state index in [1.54, 1.807) is 45.8 Å². The summed E-state index contributed by atoms with van der Waals surface area (Å²) in [5.41, 5.74) is 0.571. The van der Waals surface area contributed by atoms with Gasteiger partial charge in [0.2, 0.25) is 12.7 Å². The largest absolute Gasteiger partial charge is 0.481 e. The highest BCUT2D eigenvalue weighted by Gasteiger charge is 2.25. The van der Waals surface area contributed by atoms with Crippen LogP contribution in [0.15, 0.2) is 53.2 Å². The number of nitrogens with one attached hydrogen (secondary N) is 1. The third-order valence-electron chi connectivity index (χ3n) is 5.40. The van der Waals surface area contributed by atoms with Gasteiger partial charge in [-0.1, -0.05) is 18.2 Å². The average Bonchev–Trinajstić information content (AvgIpc) is 3.60. The highest BCUT2D eigenvalue weighted by Crippen LogP contribution is 2.34. The maximum absolute atomic E-state index is 13.2. The zero-order valence-electron chi connectivity index (χ0n) is 19.0. The number of hydrogen-bond donors (Lipinski definition) is 2. The van der Waals surface area contributed by atoms with Crippen LogP contribution in [0, 0.1) is 0 Å². The topological polar surface area (TPSA) is 108 Å². The molecule has 0 fully saturated rings. The van der Waals surface area contributed by atoms with E-state index >= 15 is 0 Å². The molecule has 3 amide bonds. The van der Waals surface area contributed by atoms with Crippen LogP contribution in [-0.2, 0) is 22.7 Å². The Balaban J connectivity index is 1.42. The summed E-state index contributed by atoms with van der Waals surface area (Å²) in [4.78, 5) is 42.6. The molecule has 1 aromatic carbocycles. The molecule has 11 heteroatoms. The van der Waals surface area contributed by atoms with Gasteiger partial charge in [-0.3, -0.25) is 9.59 Å². The molecule has 1 unspecified atom stereocenters. The van der Waals surface area contributed by atoms with Gasteiger partial charge in [-0.05, 0) is 40.6 Å². The van der Waals surface area contributed by atoms with E-state index < -0.39 is 18.0 Å². The molecule has 9 nitrogen and oxygen atoms in total. The standard InChI is InChI=1S/C24H25N3O6S2/c1-26(14-22(28)27(12-17-4-2-8-34-17)13-18-5-3-9-35-18)24(31)25-19(11-23(29)30)16-6-7-20-21(10-16)33-15-32-20/h2-10,19H,11-15H2,1H3,(H,25,31)(H,29,30). The second-order valence-electron chi connectivity index (χ2n) is 7.98. The summed E-state index contributed by atoms with van der Waals surface area (Å²) in [6.45, 7) is 0.835. The van der Waals surface area contributed by atoms with Gasteiger partial charge in [-0.25, -0.2) is 4.79 Å². The number of ether oxygens (including phenoxy) is 2. The third kappa shape index (κ3) is 6.52. The zero-order chi connectivity index (χ0) is 24.8. The Kier molecular flexibility index (Phi) is 7.88. The molecular weight excluding hydrogens is 490 g/mol. The predicted molar refractivity (Wildman–Crippen MR) is 132 cm³/mol. The Morgan fingerprint density at radius 2 is 1.69 bits per heavy atom. The third-order valence-corrected chi connectivity index (χ3v) is 7.12. The fourth-order valence-corrected chi connectivity index (χ4v) is 5.04. The monoisotopic (exact) mass is 515 g/mol. The quantitative estimate of drug-likeness (QED) is 0.424. The average molecular weight is 516 g/mol. The highest BCUT2D eigenvalue weighted by atomic mass is 32.1. The SMILES string of the molecule is CN(CC(=O)N(Cc1cccs1)Cc1cccs1)C(=O)NC(CC(=O)O)c1ccc2c(c1)OCO2. The molecule has 1 aliphatic heterocycles. The van der Waals surface area contributed by atoms with Crippen LogP contribution in [0.5, 0.6) is 11.5 Å². The molecule has 4 rings (SSSR count). The second kappa shape index (κ2) is 11.2. The van der Waals surface area contributed by atoms with Crippen LogP contribution < -0.4 is 14.8 Å². The summed E-state index contributed by atoms with van der Waals surface area (Å²) in [6, 6.07) is 11.5. The van der Waals surface area contributed by atoms with E-state index in [2.05, 4.69) is 5.32 Å². The summed E-state index contributed by atoms with van der Waals surface area (Å²) in [5.74, 6) is -0.214. The van der Waals surface area contributed by atoms with E-state index in [0.717, 1.165) is 9.75 Å². The molecule has 0 bridgehead atoms. The van der Waals surface area contributed by atoms with Crippen LogP contribution in [0.25, 0.3) is 0 Å².